The van der Waals surface area contributed by atoms with E-state index in [4.69, 9.17) is 16.6 Å². The van der Waals surface area contributed by atoms with Crippen molar-refractivity contribution in [2.24, 2.45) is 7.05 Å². The van der Waals surface area contributed by atoms with Crippen molar-refractivity contribution in [2.45, 2.75) is 25.8 Å². The number of imidazole rings is 1. The second-order valence-electron chi connectivity index (χ2n) is 7.09. The fourth-order valence-corrected chi connectivity index (χ4v) is 5.10. The Morgan fingerprint density at radius 3 is 2.74 bits per heavy atom. The van der Waals surface area contributed by atoms with Gasteiger partial charge in [-0.05, 0) is 37.5 Å². The van der Waals surface area contributed by atoms with Crippen LogP contribution in [0.25, 0.3) is 10.2 Å². The number of aromatic nitrogens is 3. The summed E-state index contributed by atoms with van der Waals surface area (Å²) in [5.41, 5.74) is 2.76. The number of nitrogens with zero attached hydrogens (tertiary/aromatic N) is 5. The lowest BCUT2D eigenvalue weighted by molar-refractivity contribution is 0.0699. The van der Waals surface area contributed by atoms with Gasteiger partial charge in [-0.15, -0.1) is 0 Å². The Bertz CT molecular complexity index is 989. The monoisotopic (exact) mass is 403 g/mol. The Kier molecular flexibility index (Phi) is 4.82. The topological polar surface area (TPSA) is 54.3 Å². The van der Waals surface area contributed by atoms with Crippen LogP contribution >= 0.6 is 22.9 Å². The van der Waals surface area contributed by atoms with E-state index in [9.17, 15) is 4.79 Å². The molecule has 1 aliphatic heterocycles. The fourth-order valence-electron chi connectivity index (χ4n) is 3.63. The molecule has 0 atom stereocenters. The summed E-state index contributed by atoms with van der Waals surface area (Å²) in [4.78, 5) is 25.7. The smallest absolute Gasteiger partial charge is 0.272 e. The highest BCUT2D eigenvalue weighted by Gasteiger charge is 2.28. The lowest BCUT2D eigenvalue weighted by Gasteiger charge is -2.36. The first-order chi connectivity index (χ1) is 12.9. The van der Waals surface area contributed by atoms with Gasteiger partial charge in [-0.1, -0.05) is 22.9 Å². The standard InChI is InChI=1S/C19H22ClN5OS/c1-12-8-13(20)9-16-17(12)22-19(27-16)25-6-4-14(5-7-25)24(3)18(26)15-10-21-11-23(15)2/h8-11,14H,4-7H2,1-3H3. The average molecular weight is 404 g/mol. The summed E-state index contributed by atoms with van der Waals surface area (Å²) < 4.78 is 2.89. The zero-order valence-electron chi connectivity index (χ0n) is 15.6. The average Bonchev–Trinajstić information content (AvgIpc) is 3.27. The van der Waals surface area contributed by atoms with Crippen LogP contribution < -0.4 is 4.90 Å². The molecule has 142 valence electrons. The number of piperidine rings is 1. The first kappa shape index (κ1) is 18.3. The minimum absolute atomic E-state index is 0.0266. The molecule has 8 heteroatoms. The van der Waals surface area contributed by atoms with Crippen molar-refractivity contribution in [1.82, 2.24) is 19.4 Å². The highest BCUT2D eigenvalue weighted by Crippen LogP contribution is 2.34. The third kappa shape index (κ3) is 3.41. The highest BCUT2D eigenvalue weighted by atomic mass is 35.5. The Morgan fingerprint density at radius 2 is 2.07 bits per heavy atom. The summed E-state index contributed by atoms with van der Waals surface area (Å²) in [5, 5.41) is 1.79. The number of rotatable bonds is 3. The predicted molar refractivity (Wildman–Crippen MR) is 110 cm³/mol. The molecule has 2 aromatic heterocycles. The van der Waals surface area contributed by atoms with E-state index in [-0.39, 0.29) is 11.9 Å². The largest absolute Gasteiger partial charge is 0.348 e. The number of amides is 1. The van der Waals surface area contributed by atoms with Crippen molar-refractivity contribution in [3.05, 3.63) is 40.9 Å². The number of hydrogen-bond donors (Lipinski definition) is 0. The molecule has 0 spiro atoms. The minimum atomic E-state index is 0.0266. The van der Waals surface area contributed by atoms with Crippen LogP contribution in [0.4, 0.5) is 5.13 Å². The number of benzene rings is 1. The van der Waals surface area contributed by atoms with Gasteiger partial charge in [-0.3, -0.25) is 4.79 Å². The molecule has 1 aromatic carbocycles. The Morgan fingerprint density at radius 1 is 1.33 bits per heavy atom. The van der Waals surface area contributed by atoms with Gasteiger partial charge in [-0.25, -0.2) is 9.97 Å². The summed E-state index contributed by atoms with van der Waals surface area (Å²) in [6.07, 6.45) is 5.14. The van der Waals surface area contributed by atoms with E-state index >= 15 is 0 Å². The third-order valence-electron chi connectivity index (χ3n) is 5.28. The van der Waals surface area contributed by atoms with E-state index in [1.807, 2.05) is 38.1 Å². The number of hydrogen-bond acceptors (Lipinski definition) is 5. The number of fused-ring (bicyclic) bond motifs is 1. The third-order valence-corrected chi connectivity index (χ3v) is 6.56. The van der Waals surface area contributed by atoms with Crippen molar-refractivity contribution in [3.8, 4) is 0 Å². The van der Waals surface area contributed by atoms with Crippen LogP contribution in [0.15, 0.2) is 24.7 Å². The van der Waals surface area contributed by atoms with Crippen molar-refractivity contribution in [2.75, 3.05) is 25.0 Å². The number of halogens is 1. The first-order valence-electron chi connectivity index (χ1n) is 8.99. The van der Waals surface area contributed by atoms with Crippen LogP contribution in [0.1, 0.15) is 28.9 Å². The summed E-state index contributed by atoms with van der Waals surface area (Å²) in [5.74, 6) is 0.0266. The number of anilines is 1. The van der Waals surface area contributed by atoms with Crippen LogP contribution in [-0.4, -0.2) is 51.5 Å². The lowest BCUT2D eigenvalue weighted by atomic mass is 10.0. The molecule has 1 aliphatic rings. The second-order valence-corrected chi connectivity index (χ2v) is 8.54. The predicted octanol–water partition coefficient (Wildman–Crippen LogP) is 3.73. The molecule has 1 amide bonds. The van der Waals surface area contributed by atoms with Gasteiger partial charge in [0.25, 0.3) is 5.91 Å². The molecule has 3 heterocycles. The van der Waals surface area contributed by atoms with Crippen LogP contribution in [0.5, 0.6) is 0 Å². The molecule has 1 saturated heterocycles. The fraction of sp³-hybridized carbons (Fsp3) is 0.421. The van der Waals surface area contributed by atoms with E-state index < -0.39 is 0 Å². The number of thiazole rings is 1. The summed E-state index contributed by atoms with van der Waals surface area (Å²) in [6.45, 7) is 3.82. The molecule has 0 saturated carbocycles. The molecule has 27 heavy (non-hydrogen) atoms. The molecule has 0 radical (unpaired) electrons. The molecule has 0 unspecified atom stereocenters. The Labute approximate surface area is 167 Å². The quantitative estimate of drug-likeness (QED) is 0.668. The van der Waals surface area contributed by atoms with Gasteiger partial charge in [0.1, 0.15) is 5.69 Å². The van der Waals surface area contributed by atoms with Crippen molar-refractivity contribution < 1.29 is 4.79 Å². The molecule has 1 fully saturated rings. The van der Waals surface area contributed by atoms with Crippen LogP contribution in [-0.2, 0) is 7.05 Å². The zero-order valence-corrected chi connectivity index (χ0v) is 17.2. The van der Waals surface area contributed by atoms with Gasteiger partial charge in [0, 0.05) is 38.2 Å². The second kappa shape index (κ2) is 7.13. The SMILES string of the molecule is Cc1cc(Cl)cc2sc(N3CCC(N(C)C(=O)c4cncn4C)CC3)nc12. The maximum absolute atomic E-state index is 12.7. The molecular formula is C19H22ClN5OS. The molecule has 3 aromatic rings. The van der Waals surface area contributed by atoms with E-state index in [0.717, 1.165) is 51.9 Å². The molecule has 0 aliphatic carbocycles. The number of aryl methyl sites for hydroxylation is 2. The van der Waals surface area contributed by atoms with Gasteiger partial charge >= 0.3 is 0 Å². The first-order valence-corrected chi connectivity index (χ1v) is 10.2. The van der Waals surface area contributed by atoms with E-state index in [1.54, 1.807) is 28.4 Å². The summed E-state index contributed by atoms with van der Waals surface area (Å²) >= 11 is 7.86. The Balaban J connectivity index is 1.45. The van der Waals surface area contributed by atoms with E-state index in [2.05, 4.69) is 9.88 Å². The van der Waals surface area contributed by atoms with E-state index in [0.29, 0.717) is 5.69 Å². The molecule has 0 N–H and O–H groups in total. The number of carbonyl (C=O) groups is 1. The normalized spacial score (nSPS) is 15.5. The maximum atomic E-state index is 12.7. The number of carbonyl (C=O) groups excluding carboxylic acids is 1. The molecular weight excluding hydrogens is 382 g/mol. The van der Waals surface area contributed by atoms with Crippen LogP contribution in [0.2, 0.25) is 5.02 Å². The zero-order chi connectivity index (χ0) is 19.1. The molecule has 6 nitrogen and oxygen atoms in total. The Hall–Kier alpha value is -2.12. The summed E-state index contributed by atoms with van der Waals surface area (Å²) in [6, 6.07) is 4.17. The summed E-state index contributed by atoms with van der Waals surface area (Å²) in [7, 11) is 3.73. The van der Waals surface area contributed by atoms with Gasteiger partial charge < -0.3 is 14.4 Å². The minimum Gasteiger partial charge on any atom is -0.348 e. The van der Waals surface area contributed by atoms with Crippen molar-refractivity contribution >= 4 is 44.2 Å². The maximum Gasteiger partial charge on any atom is 0.272 e. The molecule has 0 bridgehead atoms. The highest BCUT2D eigenvalue weighted by molar-refractivity contribution is 7.22. The van der Waals surface area contributed by atoms with Gasteiger partial charge in [0.05, 0.1) is 22.7 Å². The van der Waals surface area contributed by atoms with E-state index in [1.165, 1.54) is 0 Å². The molecule has 4 rings (SSSR count). The van der Waals surface area contributed by atoms with Crippen LogP contribution in [0.3, 0.4) is 0 Å². The van der Waals surface area contributed by atoms with Gasteiger partial charge in [0.2, 0.25) is 0 Å². The van der Waals surface area contributed by atoms with Crippen LogP contribution in [0, 0.1) is 6.92 Å². The lowest BCUT2D eigenvalue weighted by Crippen LogP contribution is -2.46. The van der Waals surface area contributed by atoms with Crippen molar-refractivity contribution in [1.29, 1.82) is 0 Å². The van der Waals surface area contributed by atoms with Gasteiger partial charge in [0.15, 0.2) is 5.13 Å². The van der Waals surface area contributed by atoms with Crippen molar-refractivity contribution in [3.63, 3.8) is 0 Å². The van der Waals surface area contributed by atoms with Gasteiger partial charge in [-0.2, -0.15) is 0 Å².